The smallest absolute Gasteiger partial charge is 0.162 e. The molecular weight excluding hydrogens is 194 g/mol. The summed E-state index contributed by atoms with van der Waals surface area (Å²) in [6.07, 6.45) is 0. The molecule has 0 radical (unpaired) electrons. The molecule has 0 saturated heterocycles. The maximum atomic E-state index is 11.4. The Morgan fingerprint density at radius 2 is 1.87 bits per heavy atom. The molecule has 0 atom stereocenters. The van der Waals surface area contributed by atoms with Crippen molar-refractivity contribution in [2.24, 2.45) is 0 Å². The summed E-state index contributed by atoms with van der Waals surface area (Å²) in [5, 5.41) is 9.78. The molecule has 4 nitrogen and oxygen atoms in total. The highest BCUT2D eigenvalue weighted by Crippen LogP contribution is 2.39. The van der Waals surface area contributed by atoms with Crippen LogP contribution in [0.15, 0.2) is 0 Å². The van der Waals surface area contributed by atoms with Crippen LogP contribution >= 0.6 is 0 Å². The van der Waals surface area contributed by atoms with Crippen molar-refractivity contribution in [3.05, 3.63) is 16.7 Å². The Bertz CT molecular complexity index is 425. The number of nitrogens with two attached hydrogens (primary N) is 1. The first-order valence-electron chi connectivity index (χ1n) is 4.58. The van der Waals surface area contributed by atoms with Gasteiger partial charge in [0, 0.05) is 11.1 Å². The van der Waals surface area contributed by atoms with Gasteiger partial charge in [0.2, 0.25) is 0 Å². The Balaban J connectivity index is 3.68. The zero-order valence-electron chi connectivity index (χ0n) is 9.34. The molecule has 82 valence electrons. The standard InChI is InChI=1S/C11H15NO3/c1-5-8(7(3)13)9(12)11(15-4)6(2)10(5)14/h14H,12H2,1-4H3. The molecule has 0 saturated carbocycles. The van der Waals surface area contributed by atoms with Crippen LogP contribution in [0.4, 0.5) is 5.69 Å². The summed E-state index contributed by atoms with van der Waals surface area (Å²) in [6.45, 7) is 4.77. The minimum absolute atomic E-state index is 0.0613. The SMILES string of the molecule is COc1c(C)c(O)c(C)c(C(C)=O)c1N. The number of Topliss-reactive ketones (excluding diaryl/α,β-unsaturated/α-hetero) is 1. The van der Waals surface area contributed by atoms with E-state index in [0.717, 1.165) is 0 Å². The molecule has 0 aliphatic carbocycles. The molecule has 0 bridgehead atoms. The van der Waals surface area contributed by atoms with E-state index in [-0.39, 0.29) is 17.2 Å². The van der Waals surface area contributed by atoms with Gasteiger partial charge in [-0.1, -0.05) is 0 Å². The fourth-order valence-electron chi connectivity index (χ4n) is 1.74. The van der Waals surface area contributed by atoms with E-state index in [2.05, 4.69) is 0 Å². The zero-order valence-corrected chi connectivity index (χ0v) is 9.34. The van der Waals surface area contributed by atoms with Crippen molar-refractivity contribution < 1.29 is 14.6 Å². The Hall–Kier alpha value is -1.71. The van der Waals surface area contributed by atoms with Gasteiger partial charge in [0.05, 0.1) is 18.4 Å². The number of benzene rings is 1. The molecule has 0 aliphatic heterocycles. The number of hydrogen-bond acceptors (Lipinski definition) is 4. The lowest BCUT2D eigenvalue weighted by Gasteiger charge is -2.16. The summed E-state index contributed by atoms with van der Waals surface area (Å²) in [4.78, 5) is 11.4. The van der Waals surface area contributed by atoms with Gasteiger partial charge in [-0.2, -0.15) is 0 Å². The quantitative estimate of drug-likeness (QED) is 0.442. The molecule has 0 heterocycles. The van der Waals surface area contributed by atoms with Gasteiger partial charge >= 0.3 is 0 Å². The highest BCUT2D eigenvalue weighted by atomic mass is 16.5. The average molecular weight is 209 g/mol. The lowest BCUT2D eigenvalue weighted by atomic mass is 9.98. The number of rotatable bonds is 2. The van der Waals surface area contributed by atoms with Crippen LogP contribution in [-0.4, -0.2) is 18.0 Å². The van der Waals surface area contributed by atoms with Gasteiger partial charge in [-0.3, -0.25) is 4.79 Å². The molecule has 3 N–H and O–H groups in total. The summed E-state index contributed by atoms with van der Waals surface area (Å²) >= 11 is 0. The Morgan fingerprint density at radius 1 is 1.33 bits per heavy atom. The second-order valence-electron chi connectivity index (χ2n) is 3.48. The van der Waals surface area contributed by atoms with Crippen LogP contribution in [0.2, 0.25) is 0 Å². The molecule has 4 heteroatoms. The molecular formula is C11H15NO3. The van der Waals surface area contributed by atoms with E-state index < -0.39 is 0 Å². The molecule has 1 aromatic carbocycles. The number of anilines is 1. The number of phenolic OH excluding ortho intramolecular Hbond substituents is 1. The van der Waals surface area contributed by atoms with E-state index in [9.17, 15) is 9.90 Å². The van der Waals surface area contributed by atoms with Gasteiger partial charge in [-0.25, -0.2) is 0 Å². The maximum Gasteiger partial charge on any atom is 0.162 e. The number of phenols is 1. The van der Waals surface area contributed by atoms with E-state index in [4.69, 9.17) is 10.5 Å². The van der Waals surface area contributed by atoms with Crippen LogP contribution in [0, 0.1) is 13.8 Å². The van der Waals surface area contributed by atoms with Crippen molar-refractivity contribution in [3.8, 4) is 11.5 Å². The Morgan fingerprint density at radius 3 is 2.27 bits per heavy atom. The fraction of sp³-hybridized carbons (Fsp3) is 0.364. The van der Waals surface area contributed by atoms with Crippen molar-refractivity contribution >= 4 is 11.5 Å². The summed E-state index contributed by atoms with van der Waals surface area (Å²) in [7, 11) is 1.46. The van der Waals surface area contributed by atoms with E-state index in [1.807, 2.05) is 0 Å². The van der Waals surface area contributed by atoms with Crippen molar-refractivity contribution in [2.75, 3.05) is 12.8 Å². The summed E-state index contributed by atoms with van der Waals surface area (Å²) in [5.74, 6) is 0.244. The number of aromatic hydroxyl groups is 1. The second-order valence-corrected chi connectivity index (χ2v) is 3.48. The largest absolute Gasteiger partial charge is 0.507 e. The zero-order chi connectivity index (χ0) is 11.7. The molecule has 1 rings (SSSR count). The van der Waals surface area contributed by atoms with Crippen LogP contribution in [0.25, 0.3) is 0 Å². The van der Waals surface area contributed by atoms with E-state index in [0.29, 0.717) is 22.4 Å². The van der Waals surface area contributed by atoms with Gasteiger partial charge in [-0.15, -0.1) is 0 Å². The van der Waals surface area contributed by atoms with Gasteiger partial charge < -0.3 is 15.6 Å². The number of ketones is 1. The molecule has 1 aromatic rings. The van der Waals surface area contributed by atoms with E-state index in [1.54, 1.807) is 13.8 Å². The highest BCUT2D eigenvalue weighted by Gasteiger charge is 2.20. The van der Waals surface area contributed by atoms with E-state index >= 15 is 0 Å². The van der Waals surface area contributed by atoms with Crippen molar-refractivity contribution in [2.45, 2.75) is 20.8 Å². The minimum atomic E-state index is -0.182. The molecule has 0 aromatic heterocycles. The minimum Gasteiger partial charge on any atom is -0.507 e. The van der Waals surface area contributed by atoms with Crippen molar-refractivity contribution in [1.29, 1.82) is 0 Å². The third kappa shape index (κ3) is 1.63. The predicted molar refractivity (Wildman–Crippen MR) is 58.5 cm³/mol. The number of nitrogen functional groups attached to an aromatic ring is 1. The van der Waals surface area contributed by atoms with Crippen LogP contribution in [0.3, 0.4) is 0 Å². The third-order valence-electron chi connectivity index (χ3n) is 2.50. The predicted octanol–water partition coefficient (Wildman–Crippen LogP) is 1.80. The van der Waals surface area contributed by atoms with Gasteiger partial charge in [0.15, 0.2) is 5.78 Å². The van der Waals surface area contributed by atoms with Crippen LogP contribution < -0.4 is 10.5 Å². The van der Waals surface area contributed by atoms with Gasteiger partial charge in [0.1, 0.15) is 11.5 Å². The van der Waals surface area contributed by atoms with Crippen LogP contribution in [0.5, 0.6) is 11.5 Å². The molecule has 0 spiro atoms. The Kier molecular flexibility index (Phi) is 2.88. The van der Waals surface area contributed by atoms with E-state index in [1.165, 1.54) is 14.0 Å². The lowest BCUT2D eigenvalue weighted by Crippen LogP contribution is -2.06. The van der Waals surface area contributed by atoms with Crippen molar-refractivity contribution in [1.82, 2.24) is 0 Å². The Labute approximate surface area is 88.7 Å². The number of methoxy groups -OCH3 is 1. The van der Waals surface area contributed by atoms with Crippen LogP contribution in [-0.2, 0) is 0 Å². The fourth-order valence-corrected chi connectivity index (χ4v) is 1.74. The summed E-state index contributed by atoms with van der Waals surface area (Å²) in [6, 6.07) is 0. The second kappa shape index (κ2) is 3.81. The maximum absolute atomic E-state index is 11.4. The monoisotopic (exact) mass is 209 g/mol. The van der Waals surface area contributed by atoms with Gasteiger partial charge in [0.25, 0.3) is 0 Å². The average Bonchev–Trinajstić information content (AvgIpc) is 2.15. The molecule has 0 unspecified atom stereocenters. The third-order valence-corrected chi connectivity index (χ3v) is 2.50. The van der Waals surface area contributed by atoms with Crippen molar-refractivity contribution in [3.63, 3.8) is 0 Å². The number of ether oxygens (including phenoxy) is 1. The normalized spacial score (nSPS) is 10.1. The molecule has 0 aliphatic rings. The molecule has 0 fully saturated rings. The lowest BCUT2D eigenvalue weighted by molar-refractivity contribution is 0.101. The highest BCUT2D eigenvalue weighted by molar-refractivity contribution is 6.03. The first-order valence-corrected chi connectivity index (χ1v) is 4.58. The van der Waals surface area contributed by atoms with Gasteiger partial charge in [-0.05, 0) is 20.8 Å². The summed E-state index contributed by atoms with van der Waals surface area (Å²) in [5.41, 5.74) is 7.48. The summed E-state index contributed by atoms with van der Waals surface area (Å²) < 4.78 is 5.07. The topological polar surface area (TPSA) is 72.5 Å². The first kappa shape index (κ1) is 11.4. The van der Waals surface area contributed by atoms with Crippen LogP contribution in [0.1, 0.15) is 28.4 Å². The number of hydrogen-bond donors (Lipinski definition) is 2. The number of carbonyl (C=O) groups is 1. The number of carbonyl (C=O) groups excluding carboxylic acids is 1. The first-order chi connectivity index (χ1) is 6.91. The molecule has 15 heavy (non-hydrogen) atoms. The molecule has 0 amide bonds.